The maximum atomic E-state index is 5.01. The lowest BCUT2D eigenvalue weighted by Gasteiger charge is -2.11. The van der Waals surface area contributed by atoms with Crippen molar-refractivity contribution >= 4 is 17.5 Å². The number of aromatic nitrogens is 3. The van der Waals surface area contributed by atoms with E-state index in [2.05, 4.69) is 51.8 Å². The average Bonchev–Trinajstić information content (AvgIpc) is 2.48. The Bertz CT molecular complexity index is 568. The van der Waals surface area contributed by atoms with Crippen LogP contribution in [-0.4, -0.2) is 35.4 Å². The minimum Gasteiger partial charge on any atom is -0.385 e. The van der Waals surface area contributed by atoms with Crippen molar-refractivity contribution in [2.24, 2.45) is 0 Å². The molecule has 0 amide bonds. The van der Waals surface area contributed by atoms with Gasteiger partial charge in [0.2, 0.25) is 5.95 Å². The Labute approximate surface area is 125 Å². The topological polar surface area (TPSA) is 72.0 Å². The van der Waals surface area contributed by atoms with Crippen molar-refractivity contribution in [1.29, 1.82) is 0 Å². The SMILES string of the molecule is COCCCNc1cnnc(Nc2c(C)cccc2C)n1. The van der Waals surface area contributed by atoms with E-state index in [0.29, 0.717) is 11.8 Å². The fourth-order valence-electron chi connectivity index (χ4n) is 2.00. The monoisotopic (exact) mass is 287 g/mol. The molecule has 0 radical (unpaired) electrons. The highest BCUT2D eigenvalue weighted by molar-refractivity contribution is 5.62. The van der Waals surface area contributed by atoms with Gasteiger partial charge in [-0.2, -0.15) is 10.1 Å². The van der Waals surface area contributed by atoms with E-state index >= 15 is 0 Å². The number of ether oxygens (including phenoxy) is 1. The lowest BCUT2D eigenvalue weighted by Crippen LogP contribution is -2.09. The summed E-state index contributed by atoms with van der Waals surface area (Å²) in [7, 11) is 1.69. The van der Waals surface area contributed by atoms with E-state index in [1.165, 1.54) is 0 Å². The van der Waals surface area contributed by atoms with Crippen molar-refractivity contribution in [3.05, 3.63) is 35.5 Å². The van der Waals surface area contributed by atoms with Crippen LogP contribution in [-0.2, 0) is 4.74 Å². The zero-order valence-electron chi connectivity index (χ0n) is 12.7. The van der Waals surface area contributed by atoms with Gasteiger partial charge in [-0.25, -0.2) is 0 Å². The van der Waals surface area contributed by atoms with Crippen LogP contribution in [0.3, 0.4) is 0 Å². The van der Waals surface area contributed by atoms with Gasteiger partial charge in [0, 0.05) is 25.9 Å². The Kier molecular flexibility index (Phi) is 5.45. The molecule has 0 aliphatic carbocycles. The maximum Gasteiger partial charge on any atom is 0.249 e. The molecule has 1 heterocycles. The Morgan fingerprint density at radius 1 is 1.19 bits per heavy atom. The van der Waals surface area contributed by atoms with Gasteiger partial charge in [0.15, 0.2) is 5.82 Å². The molecule has 0 bridgehead atoms. The first-order valence-electron chi connectivity index (χ1n) is 6.96. The average molecular weight is 287 g/mol. The summed E-state index contributed by atoms with van der Waals surface area (Å²) in [5, 5.41) is 14.4. The predicted octanol–water partition coefficient (Wildman–Crippen LogP) is 2.68. The summed E-state index contributed by atoms with van der Waals surface area (Å²) in [4.78, 5) is 4.41. The summed E-state index contributed by atoms with van der Waals surface area (Å²) in [5.41, 5.74) is 3.32. The molecule has 2 rings (SSSR count). The van der Waals surface area contributed by atoms with Crippen molar-refractivity contribution in [2.75, 3.05) is 30.9 Å². The molecular weight excluding hydrogens is 266 g/mol. The largest absolute Gasteiger partial charge is 0.385 e. The number of aryl methyl sites for hydroxylation is 2. The summed E-state index contributed by atoms with van der Waals surface area (Å²) in [6.07, 6.45) is 2.53. The molecule has 0 unspecified atom stereocenters. The molecule has 0 aliphatic rings. The highest BCUT2D eigenvalue weighted by atomic mass is 16.5. The first-order valence-corrected chi connectivity index (χ1v) is 6.96. The van der Waals surface area contributed by atoms with E-state index in [4.69, 9.17) is 4.74 Å². The molecule has 6 nitrogen and oxygen atoms in total. The van der Waals surface area contributed by atoms with Gasteiger partial charge in [0.1, 0.15) is 0 Å². The van der Waals surface area contributed by atoms with E-state index in [1.807, 2.05) is 6.07 Å². The third kappa shape index (κ3) is 4.39. The van der Waals surface area contributed by atoms with Crippen molar-refractivity contribution in [3.8, 4) is 0 Å². The zero-order chi connectivity index (χ0) is 15.1. The fourth-order valence-corrected chi connectivity index (χ4v) is 2.00. The van der Waals surface area contributed by atoms with Gasteiger partial charge in [-0.3, -0.25) is 0 Å². The number of methoxy groups -OCH3 is 1. The van der Waals surface area contributed by atoms with Gasteiger partial charge in [-0.05, 0) is 31.4 Å². The molecule has 2 aromatic rings. The van der Waals surface area contributed by atoms with Gasteiger partial charge in [0.05, 0.1) is 6.20 Å². The number of rotatable bonds is 7. The molecule has 2 N–H and O–H groups in total. The van der Waals surface area contributed by atoms with Gasteiger partial charge >= 0.3 is 0 Å². The first-order chi connectivity index (χ1) is 10.2. The third-order valence-corrected chi connectivity index (χ3v) is 3.11. The summed E-state index contributed by atoms with van der Waals surface area (Å²) < 4.78 is 5.01. The Morgan fingerprint density at radius 3 is 2.67 bits per heavy atom. The number of hydrogen-bond donors (Lipinski definition) is 2. The summed E-state index contributed by atoms with van der Waals surface area (Å²) in [5.74, 6) is 1.19. The van der Waals surface area contributed by atoms with Crippen molar-refractivity contribution in [1.82, 2.24) is 15.2 Å². The minimum absolute atomic E-state index is 0.490. The van der Waals surface area contributed by atoms with Crippen LogP contribution in [0.2, 0.25) is 0 Å². The Hall–Kier alpha value is -2.21. The van der Waals surface area contributed by atoms with Crippen LogP contribution in [0.15, 0.2) is 24.4 Å². The van der Waals surface area contributed by atoms with Gasteiger partial charge in [-0.15, -0.1) is 5.10 Å². The third-order valence-electron chi connectivity index (χ3n) is 3.11. The highest BCUT2D eigenvalue weighted by Gasteiger charge is 2.05. The molecule has 1 aromatic carbocycles. The molecule has 21 heavy (non-hydrogen) atoms. The molecule has 1 aromatic heterocycles. The summed E-state index contributed by atoms with van der Waals surface area (Å²) >= 11 is 0. The summed E-state index contributed by atoms with van der Waals surface area (Å²) in [6.45, 7) is 5.61. The molecular formula is C15H21N5O. The second kappa shape index (κ2) is 7.54. The van der Waals surface area contributed by atoms with E-state index in [-0.39, 0.29) is 0 Å². The van der Waals surface area contributed by atoms with E-state index in [1.54, 1.807) is 13.3 Å². The Morgan fingerprint density at radius 2 is 1.95 bits per heavy atom. The second-order valence-corrected chi connectivity index (χ2v) is 4.83. The maximum absolute atomic E-state index is 5.01. The van der Waals surface area contributed by atoms with Crippen LogP contribution in [0.4, 0.5) is 17.5 Å². The quantitative estimate of drug-likeness (QED) is 0.763. The second-order valence-electron chi connectivity index (χ2n) is 4.83. The number of nitrogens with zero attached hydrogens (tertiary/aromatic N) is 3. The van der Waals surface area contributed by atoms with E-state index < -0.39 is 0 Å². The van der Waals surface area contributed by atoms with Crippen LogP contribution in [0.1, 0.15) is 17.5 Å². The van der Waals surface area contributed by atoms with Gasteiger partial charge < -0.3 is 15.4 Å². The molecule has 0 atom stereocenters. The number of benzene rings is 1. The molecule has 0 aliphatic heterocycles. The zero-order valence-corrected chi connectivity index (χ0v) is 12.7. The van der Waals surface area contributed by atoms with Crippen molar-refractivity contribution in [2.45, 2.75) is 20.3 Å². The Balaban J connectivity index is 2.04. The summed E-state index contributed by atoms with van der Waals surface area (Å²) in [6, 6.07) is 6.13. The van der Waals surface area contributed by atoms with Crippen LogP contribution in [0.5, 0.6) is 0 Å². The van der Waals surface area contributed by atoms with Gasteiger partial charge in [-0.1, -0.05) is 18.2 Å². The highest BCUT2D eigenvalue weighted by Crippen LogP contribution is 2.22. The van der Waals surface area contributed by atoms with Crippen LogP contribution in [0, 0.1) is 13.8 Å². The molecule has 0 saturated carbocycles. The predicted molar refractivity (Wildman–Crippen MR) is 84.0 cm³/mol. The fraction of sp³-hybridized carbons (Fsp3) is 0.400. The molecule has 0 spiro atoms. The molecule has 0 saturated heterocycles. The van der Waals surface area contributed by atoms with Gasteiger partial charge in [0.25, 0.3) is 0 Å². The lowest BCUT2D eigenvalue weighted by atomic mass is 10.1. The molecule has 6 heteroatoms. The number of hydrogen-bond acceptors (Lipinski definition) is 6. The minimum atomic E-state index is 0.490. The number of anilines is 3. The number of nitrogens with one attached hydrogen (secondary N) is 2. The molecule has 0 fully saturated rings. The number of para-hydroxylation sites is 1. The lowest BCUT2D eigenvalue weighted by molar-refractivity contribution is 0.197. The standard InChI is InChI=1S/C15H21N5O/c1-11-6-4-7-12(2)14(11)19-15-18-13(10-17-20-15)16-8-5-9-21-3/h4,6-7,10H,5,8-9H2,1-3H3,(H2,16,18,19,20). The normalized spacial score (nSPS) is 10.4. The van der Waals surface area contributed by atoms with Crippen molar-refractivity contribution in [3.63, 3.8) is 0 Å². The van der Waals surface area contributed by atoms with E-state index in [0.717, 1.165) is 36.4 Å². The van der Waals surface area contributed by atoms with Crippen LogP contribution < -0.4 is 10.6 Å². The van der Waals surface area contributed by atoms with Crippen LogP contribution >= 0.6 is 0 Å². The smallest absolute Gasteiger partial charge is 0.249 e. The first kappa shape index (κ1) is 15.2. The van der Waals surface area contributed by atoms with Crippen LogP contribution in [0.25, 0.3) is 0 Å². The molecule has 112 valence electrons. The van der Waals surface area contributed by atoms with Crippen molar-refractivity contribution < 1.29 is 4.74 Å². The van der Waals surface area contributed by atoms with E-state index in [9.17, 15) is 0 Å².